The van der Waals surface area contributed by atoms with E-state index in [4.69, 9.17) is 80.5 Å². The van der Waals surface area contributed by atoms with Crippen molar-refractivity contribution in [3.8, 4) is 0 Å². The minimum absolute atomic E-state index is 0.535. The van der Waals surface area contributed by atoms with Crippen LogP contribution in [0.2, 0.25) is 0 Å². The van der Waals surface area contributed by atoms with Crippen molar-refractivity contribution in [3.63, 3.8) is 0 Å². The summed E-state index contributed by atoms with van der Waals surface area (Å²) < 4.78 is 96.3. The van der Waals surface area contributed by atoms with Crippen molar-refractivity contribution in [3.05, 3.63) is 0 Å². The summed E-state index contributed by atoms with van der Waals surface area (Å²) in [6.07, 6.45) is -85.7. The second-order valence-electron chi connectivity index (χ2n) is 23.6. The van der Waals surface area contributed by atoms with Crippen LogP contribution in [0, 0.1) is 0 Å². The highest BCUT2D eigenvalue weighted by Crippen LogP contribution is 2.38. The van der Waals surface area contributed by atoms with Crippen molar-refractivity contribution in [2.24, 2.45) is 0 Å². The predicted octanol–water partition coefficient (Wildman–Crippen LogP) is -18.8. The largest absolute Gasteiger partial charge is 0.394 e. The monoisotopic (exact) mass is 1370 g/mol. The first-order chi connectivity index (χ1) is 44.0. The number of hydrogen-bond donors (Lipinski definition) is 26. The molecule has 9 heterocycles. The first-order valence-electron chi connectivity index (χ1n) is 29.4. The van der Waals surface area contributed by atoms with Crippen LogP contribution in [0.5, 0.6) is 0 Å². The third kappa shape index (κ3) is 16.2. The van der Waals surface area contributed by atoms with Gasteiger partial charge in [0.2, 0.25) is 0 Å². The molecule has 9 aliphatic rings. The minimum Gasteiger partial charge on any atom is -0.394 e. The highest BCUT2D eigenvalue weighted by atomic mass is 16.8. The van der Waals surface area contributed by atoms with E-state index in [1.807, 2.05) is 0 Å². The molecule has 0 bridgehead atoms. The molecular weight excluding hydrogens is 1290 g/mol. The third-order valence-electron chi connectivity index (χ3n) is 17.2. The van der Waals surface area contributed by atoms with Crippen LogP contribution in [0.25, 0.3) is 0 Å². The molecule has 43 heteroatoms. The fraction of sp³-hybridized carbons (Fsp3) is 1.00. The molecule has 0 amide bonds. The van der Waals surface area contributed by atoms with Gasteiger partial charge in [-0.05, 0) is 0 Å². The zero-order valence-electron chi connectivity index (χ0n) is 48.5. The van der Waals surface area contributed by atoms with Crippen LogP contribution >= 0.6 is 0 Å². The van der Waals surface area contributed by atoms with E-state index < -0.39 is 311 Å². The van der Waals surface area contributed by atoms with Gasteiger partial charge in [-0.15, -0.1) is 0 Å². The lowest BCUT2D eigenvalue weighted by Crippen LogP contribution is -2.68. The van der Waals surface area contributed by atoms with Gasteiger partial charge in [0, 0.05) is 0 Å². The summed E-state index contributed by atoms with van der Waals surface area (Å²) in [5.74, 6) is 0. The fourth-order valence-corrected chi connectivity index (χ4v) is 11.5. The molecule has 0 radical (unpaired) electrons. The quantitative estimate of drug-likeness (QED) is 0.0507. The molecule has 9 saturated heterocycles. The standard InChI is InChI=1S/C50H84O43/c51-1-12-20(59)23(62)31(70)44(83-12)91-39-18(57)10(54)4-78-49(39)81-7-15-36(88-46-33(72)25(64)22(61)14(85-46)6-80-43-30(69)17(56)9(53)3-77-43)27(66)34(73)47(86-15)89-37-16(87-48(35(74)28(37)67)90-38-26(65)29(68)41(75)93-42(38)76)8-82-50-40(19(58)11(55)5-79-50)92-45-32(71)24(63)21(60)13(2-52)84-45/h9-76H,1-8H2/t9-,10+,11-,12?,13?,14?,15+,16?,17+,18?,19+,20+,21+,22-,23+,24+,25+,26?,27?,28-,29?,30?,31?,32?,33?,34?,35?,36-,37-,38+,39?,40?,41-,42-,43-,44+,45+,46+,47+,48+,49+,50-/m1/s1. The molecule has 0 saturated carbocycles. The van der Waals surface area contributed by atoms with Crippen LogP contribution in [-0.4, -0.2) is 444 Å². The summed E-state index contributed by atoms with van der Waals surface area (Å²) in [5, 5.41) is 280. The van der Waals surface area contributed by atoms with Gasteiger partial charge in [0.25, 0.3) is 0 Å². The van der Waals surface area contributed by atoms with E-state index in [1.54, 1.807) is 0 Å². The van der Waals surface area contributed by atoms with Gasteiger partial charge in [-0.25, -0.2) is 0 Å². The maximum atomic E-state index is 12.1. The number of hydrogen-bond acceptors (Lipinski definition) is 43. The number of rotatable bonds is 21. The van der Waals surface area contributed by atoms with Crippen molar-refractivity contribution < 1.29 is 213 Å². The van der Waals surface area contributed by atoms with E-state index in [-0.39, 0.29) is 0 Å². The van der Waals surface area contributed by atoms with Crippen molar-refractivity contribution in [1.29, 1.82) is 0 Å². The Morgan fingerprint density at radius 2 is 0.516 bits per heavy atom. The highest BCUT2D eigenvalue weighted by Gasteiger charge is 2.58. The zero-order valence-corrected chi connectivity index (χ0v) is 48.5. The molecule has 43 nitrogen and oxygen atoms in total. The average Bonchev–Trinajstić information content (AvgIpc) is 0.790. The third-order valence-corrected chi connectivity index (χ3v) is 17.2. The molecule has 26 N–H and O–H groups in total. The molecule has 0 aromatic rings. The Labute approximate surface area is 523 Å². The van der Waals surface area contributed by atoms with Gasteiger partial charge >= 0.3 is 0 Å². The van der Waals surface area contributed by atoms with Crippen LogP contribution < -0.4 is 0 Å². The van der Waals surface area contributed by atoms with Crippen molar-refractivity contribution in [2.45, 2.75) is 258 Å². The molecule has 93 heavy (non-hydrogen) atoms. The van der Waals surface area contributed by atoms with Crippen LogP contribution in [0.15, 0.2) is 0 Å². The van der Waals surface area contributed by atoms with Gasteiger partial charge in [-0.3, -0.25) is 0 Å². The lowest BCUT2D eigenvalue weighted by atomic mass is 9.95. The minimum atomic E-state index is -2.48. The molecule has 542 valence electrons. The fourth-order valence-electron chi connectivity index (χ4n) is 11.5. The predicted molar refractivity (Wildman–Crippen MR) is 274 cm³/mol. The van der Waals surface area contributed by atoms with Crippen molar-refractivity contribution >= 4 is 0 Å². The molecule has 0 spiro atoms. The Morgan fingerprint density at radius 3 is 0.925 bits per heavy atom. The molecule has 0 aromatic heterocycles. The number of aliphatic hydroxyl groups is 26. The summed E-state index contributed by atoms with van der Waals surface area (Å²) in [4.78, 5) is 0. The molecule has 9 rings (SSSR count). The lowest BCUT2D eigenvalue weighted by Gasteiger charge is -2.49. The molecule has 16 unspecified atom stereocenters. The Balaban J connectivity index is 0.999. The van der Waals surface area contributed by atoms with Crippen molar-refractivity contribution in [2.75, 3.05) is 52.9 Å². The number of aliphatic hydroxyl groups excluding tert-OH is 26. The van der Waals surface area contributed by atoms with Gasteiger partial charge in [-0.2, -0.15) is 0 Å². The molecular formula is C50H84O43. The van der Waals surface area contributed by atoms with Crippen LogP contribution in [0.4, 0.5) is 0 Å². The van der Waals surface area contributed by atoms with Gasteiger partial charge in [0.1, 0.15) is 195 Å². The first kappa shape index (κ1) is 75.5. The summed E-state index contributed by atoms with van der Waals surface area (Å²) in [5.41, 5.74) is 0. The Kier molecular flexibility index (Phi) is 26.2. The maximum absolute atomic E-state index is 12.1. The van der Waals surface area contributed by atoms with E-state index in [9.17, 15) is 133 Å². The SMILES string of the molecule is OCC1O[C@@H](OC2C(O)[C@@H](O)CO[C@H]2OC[C@@H]2O[C@@H](O[C@@H]3C(CO[C@H]4OC[C@@H](O)[C@H](O)C4O[C@@H]4OC(CO)[C@H](O)[C@H](O)C4O)O[C@@H](O[C@H]4C(O)C(O)[C@H](O)O[C@H]4O)C(O)[C@H]3O)C(O)C(O)[C@@H]2O[C@@H]2OC(CO[C@H]3OC[C@@H](O)[C@H](O)C3O)[C@@H](O)[C@H](O)C2O)C(O)[C@@H](O)[C@H]1O. The second kappa shape index (κ2) is 32.3. The van der Waals surface area contributed by atoms with Gasteiger partial charge < -0.3 is 213 Å². The van der Waals surface area contributed by atoms with Gasteiger partial charge in [-0.1, -0.05) is 0 Å². The average molecular weight is 1370 g/mol. The van der Waals surface area contributed by atoms with Crippen molar-refractivity contribution in [1.82, 2.24) is 0 Å². The van der Waals surface area contributed by atoms with Crippen LogP contribution in [-0.2, 0) is 80.5 Å². The molecule has 9 aliphatic heterocycles. The summed E-state index contributed by atoms with van der Waals surface area (Å²) in [6, 6.07) is 0. The van der Waals surface area contributed by atoms with E-state index in [1.165, 1.54) is 0 Å². The second-order valence-corrected chi connectivity index (χ2v) is 23.6. The normalized spacial score (nSPS) is 54.4. The molecule has 0 aliphatic carbocycles. The molecule has 0 aromatic carbocycles. The van der Waals surface area contributed by atoms with E-state index in [2.05, 4.69) is 0 Å². The smallest absolute Gasteiger partial charge is 0.187 e. The summed E-state index contributed by atoms with van der Waals surface area (Å²) >= 11 is 0. The van der Waals surface area contributed by atoms with E-state index >= 15 is 0 Å². The number of ether oxygens (including phenoxy) is 17. The van der Waals surface area contributed by atoms with Crippen LogP contribution in [0.3, 0.4) is 0 Å². The molecule has 9 fully saturated rings. The first-order valence-corrected chi connectivity index (χ1v) is 29.4. The zero-order chi connectivity index (χ0) is 67.9. The Hall–Kier alpha value is -1.72. The van der Waals surface area contributed by atoms with Gasteiger partial charge in [0.15, 0.2) is 62.9 Å². The van der Waals surface area contributed by atoms with Gasteiger partial charge in [0.05, 0.1) is 52.9 Å². The summed E-state index contributed by atoms with van der Waals surface area (Å²) in [7, 11) is 0. The van der Waals surface area contributed by atoms with E-state index in [0.717, 1.165) is 0 Å². The molecule has 42 atom stereocenters. The summed E-state index contributed by atoms with van der Waals surface area (Å²) in [6.45, 7) is -6.84. The highest BCUT2D eigenvalue weighted by molar-refractivity contribution is 5.00. The maximum Gasteiger partial charge on any atom is 0.187 e. The van der Waals surface area contributed by atoms with Crippen LogP contribution in [0.1, 0.15) is 0 Å². The lowest BCUT2D eigenvalue weighted by molar-refractivity contribution is -0.402. The topological polar surface area (TPSA) is 683 Å². The Morgan fingerprint density at radius 1 is 0.226 bits per heavy atom. The Bertz CT molecular complexity index is 2270. The van der Waals surface area contributed by atoms with E-state index in [0.29, 0.717) is 0 Å².